The summed E-state index contributed by atoms with van der Waals surface area (Å²) in [6.07, 6.45) is 0.700. The Hall–Kier alpha value is -3.77. The highest BCUT2D eigenvalue weighted by Crippen LogP contribution is 2.43. The van der Waals surface area contributed by atoms with E-state index in [0.717, 1.165) is 11.3 Å². The number of ketones is 1. The number of rotatable bonds is 3. The third-order valence-electron chi connectivity index (χ3n) is 5.70. The summed E-state index contributed by atoms with van der Waals surface area (Å²) >= 11 is 6.00. The van der Waals surface area contributed by atoms with Gasteiger partial charge in [-0.2, -0.15) is 0 Å². The highest BCUT2D eigenvalue weighted by Gasteiger charge is 2.47. The highest BCUT2D eigenvalue weighted by molar-refractivity contribution is 6.51. The molecule has 1 atom stereocenters. The molecule has 1 unspecified atom stereocenters. The van der Waals surface area contributed by atoms with Crippen LogP contribution in [0.15, 0.2) is 72.3 Å². The summed E-state index contributed by atoms with van der Waals surface area (Å²) in [6, 6.07) is 17.1. The largest absolute Gasteiger partial charge is 0.508 e. The van der Waals surface area contributed by atoms with Crippen LogP contribution in [0.1, 0.15) is 22.7 Å². The second kappa shape index (κ2) is 7.73. The van der Waals surface area contributed by atoms with Crippen molar-refractivity contribution in [2.45, 2.75) is 12.5 Å². The minimum absolute atomic E-state index is 0.0149. The molecule has 3 aromatic rings. The zero-order valence-corrected chi connectivity index (χ0v) is 17.5. The number of benzene rings is 3. The van der Waals surface area contributed by atoms with Gasteiger partial charge in [-0.3, -0.25) is 14.5 Å². The van der Waals surface area contributed by atoms with E-state index >= 15 is 0 Å². The van der Waals surface area contributed by atoms with Crippen molar-refractivity contribution in [1.29, 1.82) is 0 Å². The molecule has 2 N–H and O–H groups in total. The van der Waals surface area contributed by atoms with E-state index in [4.69, 9.17) is 16.3 Å². The Kier molecular flexibility index (Phi) is 4.87. The van der Waals surface area contributed by atoms with Crippen molar-refractivity contribution < 1.29 is 24.5 Å². The number of phenols is 1. The highest BCUT2D eigenvalue weighted by atomic mass is 35.5. The number of carbonyl (C=O) groups is 2. The first-order valence-electron chi connectivity index (χ1n) is 10.1. The zero-order chi connectivity index (χ0) is 22.4. The molecule has 160 valence electrons. The molecule has 7 heteroatoms. The van der Waals surface area contributed by atoms with E-state index in [1.165, 1.54) is 17.0 Å². The van der Waals surface area contributed by atoms with E-state index in [-0.39, 0.29) is 17.1 Å². The van der Waals surface area contributed by atoms with Crippen LogP contribution in [0.4, 0.5) is 5.69 Å². The van der Waals surface area contributed by atoms with Crippen LogP contribution in [0.2, 0.25) is 5.02 Å². The van der Waals surface area contributed by atoms with Crippen molar-refractivity contribution in [3.05, 3.63) is 94.0 Å². The number of anilines is 1. The number of carbonyl (C=O) groups excluding carboxylic acids is 2. The lowest BCUT2D eigenvalue weighted by molar-refractivity contribution is -0.132. The van der Waals surface area contributed by atoms with Crippen molar-refractivity contribution in [1.82, 2.24) is 0 Å². The van der Waals surface area contributed by atoms with Gasteiger partial charge in [0.15, 0.2) is 0 Å². The fraction of sp³-hybridized carbons (Fsp3) is 0.120. The number of ether oxygens (including phenoxy) is 1. The van der Waals surface area contributed by atoms with E-state index in [2.05, 4.69) is 0 Å². The average Bonchev–Trinajstić information content (AvgIpc) is 3.36. The first-order chi connectivity index (χ1) is 15.4. The minimum Gasteiger partial charge on any atom is -0.508 e. The number of phenolic OH excluding ortho intramolecular Hbond substituents is 1. The predicted octanol–water partition coefficient (Wildman–Crippen LogP) is 4.61. The number of aromatic hydroxyl groups is 1. The molecule has 2 aliphatic rings. The number of fused-ring (bicyclic) bond motifs is 1. The van der Waals surface area contributed by atoms with Crippen LogP contribution in [0.3, 0.4) is 0 Å². The molecule has 2 heterocycles. The first kappa shape index (κ1) is 20.2. The molecule has 6 nitrogen and oxygen atoms in total. The van der Waals surface area contributed by atoms with Crippen LogP contribution >= 0.6 is 11.6 Å². The molecule has 0 spiro atoms. The molecule has 1 fully saturated rings. The molecule has 5 rings (SSSR count). The van der Waals surface area contributed by atoms with Crippen LogP contribution in [-0.4, -0.2) is 28.5 Å². The summed E-state index contributed by atoms with van der Waals surface area (Å²) in [4.78, 5) is 27.6. The van der Waals surface area contributed by atoms with Gasteiger partial charge in [-0.15, -0.1) is 0 Å². The van der Waals surface area contributed by atoms with Gasteiger partial charge in [-0.1, -0.05) is 23.7 Å². The third kappa shape index (κ3) is 3.29. The molecule has 32 heavy (non-hydrogen) atoms. The average molecular weight is 448 g/mol. The molecular formula is C25H18ClNO5. The Bertz CT molecular complexity index is 1280. The third-order valence-corrected chi connectivity index (χ3v) is 5.95. The molecule has 0 aromatic heterocycles. The standard InChI is InChI=1S/C25H18ClNO5/c26-17-5-7-18(8-6-17)27-22(15-2-1-3-19(28)13-15)21(24(30)25(27)31)23(29)16-4-9-20-14(12-16)10-11-32-20/h1-9,12-13,22,28-29H,10-11H2/b23-21-. The molecule has 0 bridgehead atoms. The number of halogens is 1. The first-order valence-corrected chi connectivity index (χ1v) is 10.4. The van der Waals surface area contributed by atoms with Gasteiger partial charge in [0.1, 0.15) is 17.3 Å². The van der Waals surface area contributed by atoms with Crippen LogP contribution in [0.25, 0.3) is 5.76 Å². The van der Waals surface area contributed by atoms with Crippen molar-refractivity contribution >= 4 is 34.7 Å². The fourth-order valence-corrected chi connectivity index (χ4v) is 4.33. The van der Waals surface area contributed by atoms with E-state index in [1.54, 1.807) is 54.6 Å². The van der Waals surface area contributed by atoms with Crippen LogP contribution in [0.5, 0.6) is 11.5 Å². The molecule has 1 amide bonds. The normalized spacial score (nSPS) is 19.2. The number of nitrogens with zero attached hydrogens (tertiary/aromatic N) is 1. The Balaban J connectivity index is 1.71. The summed E-state index contributed by atoms with van der Waals surface area (Å²) in [7, 11) is 0. The fourth-order valence-electron chi connectivity index (χ4n) is 4.20. The molecule has 0 saturated carbocycles. The van der Waals surface area contributed by atoms with Gasteiger partial charge >= 0.3 is 0 Å². The molecule has 0 aliphatic carbocycles. The number of hydrogen-bond acceptors (Lipinski definition) is 5. The number of aliphatic hydroxyl groups is 1. The van der Waals surface area contributed by atoms with E-state index in [1.807, 2.05) is 0 Å². The van der Waals surface area contributed by atoms with Crippen molar-refractivity contribution in [3.63, 3.8) is 0 Å². The quantitative estimate of drug-likeness (QED) is 0.348. The zero-order valence-electron chi connectivity index (χ0n) is 16.8. The lowest BCUT2D eigenvalue weighted by Gasteiger charge is -2.25. The maximum absolute atomic E-state index is 13.2. The number of amides is 1. The maximum atomic E-state index is 13.2. The Morgan fingerprint density at radius 3 is 2.56 bits per heavy atom. The Labute approximate surface area is 188 Å². The Morgan fingerprint density at radius 1 is 1.03 bits per heavy atom. The number of Topliss-reactive ketones (excluding diaryl/α,β-unsaturated/α-hetero) is 1. The van der Waals surface area contributed by atoms with Gasteiger partial charge < -0.3 is 14.9 Å². The lowest BCUT2D eigenvalue weighted by atomic mass is 9.94. The summed E-state index contributed by atoms with van der Waals surface area (Å²) in [5.41, 5.74) is 2.24. The minimum atomic E-state index is -0.923. The second-order valence-corrected chi connectivity index (χ2v) is 8.10. The molecule has 3 aromatic carbocycles. The molecule has 2 aliphatic heterocycles. The summed E-state index contributed by atoms with van der Waals surface area (Å²) < 4.78 is 5.52. The van der Waals surface area contributed by atoms with Crippen molar-refractivity contribution in [2.24, 2.45) is 0 Å². The molecule has 0 radical (unpaired) electrons. The SMILES string of the molecule is O=C1C(=O)N(c2ccc(Cl)cc2)C(c2cccc(O)c2)/C1=C(/O)c1ccc2c(c1)CCO2. The van der Waals surface area contributed by atoms with Crippen LogP contribution < -0.4 is 9.64 Å². The summed E-state index contributed by atoms with van der Waals surface area (Å²) in [6.45, 7) is 0.559. The smallest absolute Gasteiger partial charge is 0.300 e. The van der Waals surface area contributed by atoms with E-state index in [0.29, 0.717) is 34.9 Å². The number of aliphatic hydroxyl groups excluding tert-OH is 1. The lowest BCUT2D eigenvalue weighted by Crippen LogP contribution is -2.29. The summed E-state index contributed by atoms with van der Waals surface area (Å²) in [5, 5.41) is 21.7. The van der Waals surface area contributed by atoms with Gasteiger partial charge in [0.25, 0.3) is 11.7 Å². The second-order valence-electron chi connectivity index (χ2n) is 7.66. The summed E-state index contributed by atoms with van der Waals surface area (Å²) in [5.74, 6) is -1.12. The Morgan fingerprint density at radius 2 is 1.81 bits per heavy atom. The van der Waals surface area contributed by atoms with Crippen molar-refractivity contribution in [3.8, 4) is 11.5 Å². The predicted molar refractivity (Wildman–Crippen MR) is 120 cm³/mol. The van der Waals surface area contributed by atoms with E-state index in [9.17, 15) is 19.8 Å². The van der Waals surface area contributed by atoms with Gasteiger partial charge in [0.2, 0.25) is 0 Å². The van der Waals surface area contributed by atoms with E-state index < -0.39 is 17.7 Å². The van der Waals surface area contributed by atoms with Crippen LogP contribution in [-0.2, 0) is 16.0 Å². The maximum Gasteiger partial charge on any atom is 0.300 e. The molecule has 1 saturated heterocycles. The monoisotopic (exact) mass is 447 g/mol. The molecular weight excluding hydrogens is 430 g/mol. The van der Waals surface area contributed by atoms with Gasteiger partial charge in [-0.05, 0) is 65.7 Å². The van der Waals surface area contributed by atoms with Gasteiger partial charge in [-0.25, -0.2) is 0 Å². The topological polar surface area (TPSA) is 87.1 Å². The number of hydrogen-bond donors (Lipinski definition) is 2. The van der Waals surface area contributed by atoms with Crippen molar-refractivity contribution in [2.75, 3.05) is 11.5 Å². The van der Waals surface area contributed by atoms with Gasteiger partial charge in [0.05, 0.1) is 18.2 Å². The van der Waals surface area contributed by atoms with Crippen LogP contribution in [0, 0.1) is 0 Å². The van der Waals surface area contributed by atoms with Gasteiger partial charge in [0, 0.05) is 22.7 Å².